The first-order chi connectivity index (χ1) is 14.6. The minimum Gasteiger partial charge on any atom is -0.410 e. The van der Waals surface area contributed by atoms with Crippen LogP contribution in [0, 0.1) is 5.82 Å². The number of primary amides is 1. The number of nitrogens with zero attached hydrogens (tertiary/aromatic N) is 2. The highest BCUT2D eigenvalue weighted by Crippen LogP contribution is 2.25. The van der Waals surface area contributed by atoms with Crippen molar-refractivity contribution < 1.29 is 13.9 Å². The number of H-pyrrole nitrogens is 1. The van der Waals surface area contributed by atoms with Gasteiger partial charge in [0.25, 0.3) is 0 Å². The van der Waals surface area contributed by atoms with Crippen LogP contribution < -0.4 is 15.4 Å². The maximum absolute atomic E-state index is 13.1. The summed E-state index contributed by atoms with van der Waals surface area (Å²) in [7, 11) is 0. The summed E-state index contributed by atoms with van der Waals surface area (Å²) < 4.78 is 18.1. The number of halogens is 1. The van der Waals surface area contributed by atoms with E-state index in [0.29, 0.717) is 5.75 Å². The molecule has 3 N–H and O–H groups in total. The van der Waals surface area contributed by atoms with Gasteiger partial charge >= 0.3 is 6.09 Å². The number of ether oxygens (including phenoxy) is 1. The van der Waals surface area contributed by atoms with E-state index in [1.54, 1.807) is 6.07 Å². The van der Waals surface area contributed by atoms with E-state index in [4.69, 9.17) is 10.5 Å². The Kier molecular flexibility index (Phi) is 6.18. The van der Waals surface area contributed by atoms with Gasteiger partial charge in [0, 0.05) is 49.0 Å². The van der Waals surface area contributed by atoms with Crippen molar-refractivity contribution in [2.45, 2.75) is 19.3 Å². The molecule has 2 heterocycles. The van der Waals surface area contributed by atoms with Crippen molar-refractivity contribution in [2.75, 3.05) is 37.6 Å². The summed E-state index contributed by atoms with van der Waals surface area (Å²) in [5.41, 5.74) is 8.45. The maximum atomic E-state index is 13.1. The van der Waals surface area contributed by atoms with Gasteiger partial charge in [-0.2, -0.15) is 0 Å². The fourth-order valence-corrected chi connectivity index (χ4v) is 4.08. The molecule has 1 amide bonds. The van der Waals surface area contributed by atoms with Crippen molar-refractivity contribution in [1.29, 1.82) is 0 Å². The number of nitrogens with two attached hydrogens (primary N) is 1. The Balaban J connectivity index is 1.23. The Morgan fingerprint density at radius 1 is 1.07 bits per heavy atom. The lowest BCUT2D eigenvalue weighted by Gasteiger charge is -2.36. The van der Waals surface area contributed by atoms with Crippen molar-refractivity contribution in [2.24, 2.45) is 5.73 Å². The number of aromatic nitrogens is 1. The highest BCUT2D eigenvalue weighted by Gasteiger charge is 2.17. The standard InChI is InChI=1S/C23H27FN4O2/c24-18-4-6-19(7-5-18)28-13-11-27(12-14-28)10-2-1-3-17-16-26-22-9-8-20(15-21(17)22)30-23(25)29/h4-9,15-16,26H,1-3,10-14H2,(H2,25,29). The zero-order chi connectivity index (χ0) is 20.9. The summed E-state index contributed by atoms with van der Waals surface area (Å²) in [5, 5.41) is 1.07. The van der Waals surface area contributed by atoms with E-state index in [0.717, 1.165) is 68.6 Å². The summed E-state index contributed by atoms with van der Waals surface area (Å²) in [5.74, 6) is 0.277. The van der Waals surface area contributed by atoms with Crippen LogP contribution in [0.15, 0.2) is 48.7 Å². The smallest absolute Gasteiger partial charge is 0.409 e. The Morgan fingerprint density at radius 2 is 1.83 bits per heavy atom. The first-order valence-corrected chi connectivity index (χ1v) is 10.4. The molecule has 0 aliphatic carbocycles. The number of fused-ring (bicyclic) bond motifs is 1. The van der Waals surface area contributed by atoms with Crippen LogP contribution in [0.1, 0.15) is 18.4 Å². The van der Waals surface area contributed by atoms with E-state index >= 15 is 0 Å². The van der Waals surface area contributed by atoms with Crippen molar-refractivity contribution in [1.82, 2.24) is 9.88 Å². The first kappa shape index (κ1) is 20.2. The number of carbonyl (C=O) groups is 1. The molecule has 3 aromatic rings. The Bertz CT molecular complexity index is 994. The van der Waals surface area contributed by atoms with E-state index in [9.17, 15) is 9.18 Å². The van der Waals surface area contributed by atoms with Crippen molar-refractivity contribution >= 4 is 22.7 Å². The molecule has 158 valence electrons. The minimum atomic E-state index is -0.800. The van der Waals surface area contributed by atoms with E-state index in [1.807, 2.05) is 30.5 Å². The molecular formula is C23H27FN4O2. The van der Waals surface area contributed by atoms with Gasteiger partial charge in [-0.25, -0.2) is 9.18 Å². The van der Waals surface area contributed by atoms with Gasteiger partial charge in [-0.05, 0) is 73.8 Å². The molecule has 1 saturated heterocycles. The number of aromatic amines is 1. The number of anilines is 1. The van der Waals surface area contributed by atoms with E-state index in [1.165, 1.54) is 17.7 Å². The molecule has 1 aliphatic heterocycles. The number of hydrogen-bond donors (Lipinski definition) is 2. The van der Waals surface area contributed by atoms with Crippen LogP contribution >= 0.6 is 0 Å². The van der Waals surface area contributed by atoms with Crippen LogP contribution in [0.25, 0.3) is 10.9 Å². The van der Waals surface area contributed by atoms with Crippen LogP contribution in [0.2, 0.25) is 0 Å². The second-order valence-electron chi connectivity index (χ2n) is 7.70. The summed E-state index contributed by atoms with van der Waals surface area (Å²) in [6.45, 7) is 5.07. The van der Waals surface area contributed by atoms with Crippen LogP contribution in [0.4, 0.5) is 14.9 Å². The monoisotopic (exact) mass is 410 g/mol. The normalized spacial score (nSPS) is 14.9. The number of piperazine rings is 1. The molecule has 0 saturated carbocycles. The quantitative estimate of drug-likeness (QED) is 0.579. The number of unbranched alkanes of at least 4 members (excludes halogenated alkanes) is 1. The largest absolute Gasteiger partial charge is 0.410 e. The molecule has 0 unspecified atom stereocenters. The van der Waals surface area contributed by atoms with Crippen molar-refractivity contribution in [3.63, 3.8) is 0 Å². The molecule has 0 radical (unpaired) electrons. The third-order valence-corrected chi connectivity index (χ3v) is 5.69. The van der Waals surface area contributed by atoms with Crippen LogP contribution in [-0.4, -0.2) is 48.7 Å². The Morgan fingerprint density at radius 3 is 2.57 bits per heavy atom. The second kappa shape index (κ2) is 9.17. The molecule has 1 aromatic heterocycles. The lowest BCUT2D eigenvalue weighted by Crippen LogP contribution is -2.46. The van der Waals surface area contributed by atoms with Crippen molar-refractivity contribution in [3.05, 3.63) is 60.0 Å². The minimum absolute atomic E-state index is 0.191. The van der Waals surface area contributed by atoms with E-state index in [2.05, 4.69) is 14.8 Å². The molecule has 4 rings (SSSR count). The van der Waals surface area contributed by atoms with Gasteiger partial charge in [0.15, 0.2) is 0 Å². The predicted molar refractivity (Wildman–Crippen MR) is 117 cm³/mol. The molecule has 0 atom stereocenters. The van der Waals surface area contributed by atoms with Crippen LogP contribution in [0.5, 0.6) is 5.75 Å². The second-order valence-corrected chi connectivity index (χ2v) is 7.70. The molecule has 7 heteroatoms. The molecule has 1 aliphatic rings. The average molecular weight is 410 g/mol. The van der Waals surface area contributed by atoms with Crippen molar-refractivity contribution in [3.8, 4) is 5.75 Å². The zero-order valence-electron chi connectivity index (χ0n) is 16.9. The number of benzene rings is 2. The third-order valence-electron chi connectivity index (χ3n) is 5.69. The molecule has 2 aromatic carbocycles. The SMILES string of the molecule is NC(=O)Oc1ccc2[nH]cc(CCCCN3CCN(c4ccc(F)cc4)CC3)c2c1. The summed E-state index contributed by atoms with van der Waals surface area (Å²) >= 11 is 0. The summed E-state index contributed by atoms with van der Waals surface area (Å²) in [6, 6.07) is 12.3. The van der Waals surface area contributed by atoms with Gasteiger partial charge in [0.05, 0.1) is 0 Å². The predicted octanol–water partition coefficient (Wildman–Crippen LogP) is 3.91. The van der Waals surface area contributed by atoms with Gasteiger partial charge in [0.2, 0.25) is 0 Å². The molecular weight excluding hydrogens is 383 g/mol. The van der Waals surface area contributed by atoms with Crippen LogP contribution in [0.3, 0.4) is 0 Å². The number of carbonyl (C=O) groups excluding carboxylic acids is 1. The highest BCUT2D eigenvalue weighted by atomic mass is 19.1. The topological polar surface area (TPSA) is 74.6 Å². The number of hydrogen-bond acceptors (Lipinski definition) is 4. The number of amides is 1. The Hall–Kier alpha value is -3.06. The molecule has 0 spiro atoms. The average Bonchev–Trinajstić information content (AvgIpc) is 3.14. The fourth-order valence-electron chi connectivity index (χ4n) is 4.08. The van der Waals surface area contributed by atoms with Gasteiger partial charge < -0.3 is 20.4 Å². The summed E-state index contributed by atoms with van der Waals surface area (Å²) in [4.78, 5) is 19.1. The zero-order valence-corrected chi connectivity index (χ0v) is 16.9. The fraction of sp³-hybridized carbons (Fsp3) is 0.348. The van der Waals surface area contributed by atoms with Gasteiger partial charge in [-0.3, -0.25) is 4.90 Å². The maximum Gasteiger partial charge on any atom is 0.409 e. The molecule has 30 heavy (non-hydrogen) atoms. The van der Waals surface area contributed by atoms with E-state index in [-0.39, 0.29) is 5.82 Å². The molecule has 6 nitrogen and oxygen atoms in total. The van der Waals surface area contributed by atoms with E-state index < -0.39 is 6.09 Å². The first-order valence-electron chi connectivity index (χ1n) is 10.4. The van der Waals surface area contributed by atoms with Gasteiger partial charge in [-0.15, -0.1) is 0 Å². The van der Waals surface area contributed by atoms with Gasteiger partial charge in [-0.1, -0.05) is 0 Å². The van der Waals surface area contributed by atoms with Crippen LogP contribution in [-0.2, 0) is 6.42 Å². The number of rotatable bonds is 7. The Labute approximate surface area is 175 Å². The molecule has 0 bridgehead atoms. The number of nitrogens with one attached hydrogen (secondary N) is 1. The lowest BCUT2D eigenvalue weighted by molar-refractivity contribution is 0.211. The highest BCUT2D eigenvalue weighted by molar-refractivity contribution is 5.85. The third kappa shape index (κ3) is 4.91. The lowest BCUT2D eigenvalue weighted by atomic mass is 10.1. The molecule has 1 fully saturated rings. The number of aryl methyl sites for hydroxylation is 1. The van der Waals surface area contributed by atoms with Gasteiger partial charge in [0.1, 0.15) is 11.6 Å². The summed E-state index contributed by atoms with van der Waals surface area (Å²) in [6.07, 6.45) is 4.41.